The number of pyridine rings is 1. The molecule has 0 amide bonds. The molecule has 2 N–H and O–H groups in total. The van der Waals surface area contributed by atoms with Crippen LogP contribution in [0, 0.1) is 0 Å². The molecule has 4 rings (SSSR count). The average molecular weight is 399 g/mol. The standard InChI is InChI=1S/C21H18N2O4.ClH/c22-12-17(24)27-11-5-10-23-19-14-7-2-3-8-15(14)20(25)18(19)13-6-1-4-9-16(13)21(23)26;/h1-4,6-9H,5,10-12,22H2;1H. The van der Waals surface area contributed by atoms with E-state index < -0.39 is 5.97 Å². The quantitative estimate of drug-likeness (QED) is 0.412. The molecule has 0 aliphatic heterocycles. The topological polar surface area (TPSA) is 91.4 Å². The van der Waals surface area contributed by atoms with Crippen LogP contribution in [0.25, 0.3) is 22.0 Å². The Balaban J connectivity index is 0.00000225. The zero-order valence-corrected chi connectivity index (χ0v) is 15.8. The molecule has 28 heavy (non-hydrogen) atoms. The Hall–Kier alpha value is -2.96. The molecule has 0 fully saturated rings. The van der Waals surface area contributed by atoms with E-state index in [2.05, 4.69) is 0 Å². The second kappa shape index (κ2) is 7.96. The fraction of sp³-hybridized carbons (Fsp3) is 0.190. The number of aromatic nitrogens is 1. The van der Waals surface area contributed by atoms with Crippen molar-refractivity contribution < 1.29 is 14.3 Å². The third-order valence-corrected chi connectivity index (χ3v) is 4.79. The van der Waals surface area contributed by atoms with Crippen LogP contribution in [0.3, 0.4) is 0 Å². The van der Waals surface area contributed by atoms with Gasteiger partial charge in [-0.05, 0) is 12.5 Å². The van der Waals surface area contributed by atoms with Gasteiger partial charge in [0, 0.05) is 28.4 Å². The fourth-order valence-electron chi connectivity index (χ4n) is 3.61. The predicted molar refractivity (Wildman–Crippen MR) is 109 cm³/mol. The molecule has 1 aliphatic carbocycles. The number of carbonyl (C=O) groups is 2. The number of ether oxygens (including phenoxy) is 1. The van der Waals surface area contributed by atoms with Crippen LogP contribution in [0.1, 0.15) is 22.3 Å². The Kier molecular flexibility index (Phi) is 5.63. The molecule has 0 saturated heterocycles. The lowest BCUT2D eigenvalue weighted by atomic mass is 10.0. The molecule has 0 radical (unpaired) electrons. The highest BCUT2D eigenvalue weighted by Crippen LogP contribution is 2.39. The average Bonchev–Trinajstić information content (AvgIpc) is 3.00. The highest BCUT2D eigenvalue weighted by Gasteiger charge is 2.32. The van der Waals surface area contributed by atoms with Crippen LogP contribution in [0.5, 0.6) is 0 Å². The van der Waals surface area contributed by atoms with E-state index >= 15 is 0 Å². The lowest BCUT2D eigenvalue weighted by molar-refractivity contribution is -0.142. The number of fused-ring (bicyclic) bond motifs is 5. The number of benzene rings is 2. The molecule has 0 unspecified atom stereocenters. The molecule has 0 saturated carbocycles. The van der Waals surface area contributed by atoms with Crippen molar-refractivity contribution in [3.05, 3.63) is 70.0 Å². The van der Waals surface area contributed by atoms with Crippen LogP contribution in [-0.2, 0) is 16.1 Å². The fourth-order valence-corrected chi connectivity index (χ4v) is 3.61. The Bertz CT molecular complexity index is 1140. The summed E-state index contributed by atoms with van der Waals surface area (Å²) in [5.74, 6) is -0.549. The van der Waals surface area contributed by atoms with Gasteiger partial charge in [0.05, 0.1) is 24.4 Å². The van der Waals surface area contributed by atoms with Crippen LogP contribution in [0.15, 0.2) is 53.3 Å². The summed E-state index contributed by atoms with van der Waals surface area (Å²) >= 11 is 0. The maximum absolute atomic E-state index is 13.1. The van der Waals surface area contributed by atoms with Gasteiger partial charge in [-0.3, -0.25) is 14.4 Å². The third-order valence-electron chi connectivity index (χ3n) is 4.79. The summed E-state index contributed by atoms with van der Waals surface area (Å²) in [6.07, 6.45) is 0.451. The summed E-state index contributed by atoms with van der Waals surface area (Å²) < 4.78 is 6.63. The second-order valence-electron chi connectivity index (χ2n) is 6.38. The van der Waals surface area contributed by atoms with Gasteiger partial charge < -0.3 is 15.0 Å². The third kappa shape index (κ3) is 3.10. The smallest absolute Gasteiger partial charge is 0.319 e. The van der Waals surface area contributed by atoms with E-state index in [0.29, 0.717) is 40.6 Å². The number of hydrogen-bond donors (Lipinski definition) is 1. The molecule has 1 aliphatic rings. The maximum Gasteiger partial charge on any atom is 0.319 e. The summed E-state index contributed by atoms with van der Waals surface area (Å²) in [4.78, 5) is 37.3. The van der Waals surface area contributed by atoms with Gasteiger partial charge in [0.25, 0.3) is 5.56 Å². The monoisotopic (exact) mass is 398 g/mol. The van der Waals surface area contributed by atoms with Crippen LogP contribution >= 0.6 is 12.4 Å². The predicted octanol–water partition coefficient (Wildman–Crippen LogP) is 2.53. The molecule has 3 aromatic rings. The van der Waals surface area contributed by atoms with Crippen LogP contribution < -0.4 is 11.3 Å². The van der Waals surface area contributed by atoms with Gasteiger partial charge in [0.15, 0.2) is 5.78 Å². The van der Waals surface area contributed by atoms with Crippen molar-refractivity contribution in [1.29, 1.82) is 0 Å². The minimum absolute atomic E-state index is 0. The highest BCUT2D eigenvalue weighted by atomic mass is 35.5. The van der Waals surface area contributed by atoms with E-state index in [-0.39, 0.29) is 36.9 Å². The van der Waals surface area contributed by atoms with Gasteiger partial charge in [0.2, 0.25) is 0 Å². The van der Waals surface area contributed by atoms with E-state index in [9.17, 15) is 14.4 Å². The zero-order valence-electron chi connectivity index (χ0n) is 15.0. The molecule has 0 spiro atoms. The number of esters is 1. The van der Waals surface area contributed by atoms with Gasteiger partial charge in [-0.2, -0.15) is 0 Å². The first-order valence-corrected chi connectivity index (χ1v) is 8.79. The molecule has 6 nitrogen and oxygen atoms in total. The number of nitrogens with zero attached hydrogens (tertiary/aromatic N) is 1. The van der Waals surface area contributed by atoms with E-state index in [1.54, 1.807) is 22.8 Å². The lowest BCUT2D eigenvalue weighted by Crippen LogP contribution is -2.24. The van der Waals surface area contributed by atoms with Crippen molar-refractivity contribution in [2.45, 2.75) is 13.0 Å². The summed E-state index contributed by atoms with van der Waals surface area (Å²) in [5, 5.41) is 1.18. The van der Waals surface area contributed by atoms with Crippen molar-refractivity contribution >= 4 is 34.9 Å². The number of carbonyl (C=O) groups excluding carboxylic acids is 2. The Morgan fingerprint density at radius 1 is 0.964 bits per heavy atom. The Labute approximate surface area is 167 Å². The number of nitrogens with two attached hydrogens (primary N) is 1. The SMILES string of the molecule is Cl.NCC(=O)OCCCn1c2c(c3ccccc3c1=O)C(=O)c1ccccc1-2. The number of ketones is 1. The van der Waals surface area contributed by atoms with E-state index in [0.717, 1.165) is 5.56 Å². The summed E-state index contributed by atoms with van der Waals surface area (Å²) in [6.45, 7) is 0.332. The summed E-state index contributed by atoms with van der Waals surface area (Å²) in [7, 11) is 0. The molecule has 1 aromatic heterocycles. The lowest BCUT2D eigenvalue weighted by Gasteiger charge is -2.15. The molecular weight excluding hydrogens is 380 g/mol. The van der Waals surface area contributed by atoms with Crippen LogP contribution in [-0.4, -0.2) is 29.5 Å². The van der Waals surface area contributed by atoms with Crippen LogP contribution in [0.2, 0.25) is 0 Å². The van der Waals surface area contributed by atoms with Crippen molar-refractivity contribution in [2.75, 3.05) is 13.2 Å². The number of halogens is 1. The van der Waals surface area contributed by atoms with Gasteiger partial charge in [-0.25, -0.2) is 0 Å². The molecule has 2 aromatic carbocycles. The molecule has 1 heterocycles. The minimum Gasteiger partial charge on any atom is -0.465 e. The normalized spacial score (nSPS) is 11.7. The van der Waals surface area contributed by atoms with E-state index in [4.69, 9.17) is 10.5 Å². The maximum atomic E-state index is 13.1. The largest absolute Gasteiger partial charge is 0.465 e. The first kappa shape index (κ1) is 19.8. The van der Waals surface area contributed by atoms with Crippen molar-refractivity contribution in [1.82, 2.24) is 4.57 Å². The highest BCUT2D eigenvalue weighted by molar-refractivity contribution is 6.26. The van der Waals surface area contributed by atoms with E-state index in [1.807, 2.05) is 30.3 Å². The molecule has 0 bridgehead atoms. The van der Waals surface area contributed by atoms with Gasteiger partial charge in [0.1, 0.15) is 0 Å². The summed E-state index contributed by atoms with van der Waals surface area (Å²) in [5.41, 5.74) is 7.64. The Morgan fingerprint density at radius 2 is 1.61 bits per heavy atom. The number of rotatable bonds is 5. The van der Waals surface area contributed by atoms with Crippen LogP contribution in [0.4, 0.5) is 0 Å². The Morgan fingerprint density at radius 3 is 2.32 bits per heavy atom. The molecule has 7 heteroatoms. The number of hydrogen-bond acceptors (Lipinski definition) is 5. The van der Waals surface area contributed by atoms with Gasteiger partial charge in [-0.1, -0.05) is 42.5 Å². The molecule has 144 valence electrons. The van der Waals surface area contributed by atoms with E-state index in [1.165, 1.54) is 0 Å². The zero-order chi connectivity index (χ0) is 19.0. The van der Waals surface area contributed by atoms with Crippen molar-refractivity contribution in [3.63, 3.8) is 0 Å². The van der Waals surface area contributed by atoms with Gasteiger partial charge in [-0.15, -0.1) is 12.4 Å². The first-order chi connectivity index (χ1) is 13.1. The summed E-state index contributed by atoms with van der Waals surface area (Å²) in [6, 6.07) is 14.5. The molecular formula is C21H19ClN2O4. The second-order valence-corrected chi connectivity index (χ2v) is 6.38. The van der Waals surface area contributed by atoms with Crippen molar-refractivity contribution in [3.8, 4) is 11.3 Å². The van der Waals surface area contributed by atoms with Crippen molar-refractivity contribution in [2.24, 2.45) is 5.73 Å². The first-order valence-electron chi connectivity index (χ1n) is 8.79. The minimum atomic E-state index is -0.480. The molecule has 0 atom stereocenters. The van der Waals surface area contributed by atoms with Gasteiger partial charge >= 0.3 is 5.97 Å².